The molecular formula is CH2N2Na. The van der Waals surface area contributed by atoms with E-state index < -0.39 is 0 Å². The normalized spacial score (nSPS) is 1.75. The van der Waals surface area contributed by atoms with Crippen molar-refractivity contribution in [3.05, 3.63) is 0 Å². The van der Waals surface area contributed by atoms with Crippen LogP contribution in [0.2, 0.25) is 0 Å². The van der Waals surface area contributed by atoms with Crippen molar-refractivity contribution in [3.8, 4) is 6.19 Å². The van der Waals surface area contributed by atoms with Gasteiger partial charge in [0.25, 0.3) is 0 Å². The number of rotatable bonds is 0. The van der Waals surface area contributed by atoms with E-state index in [1.54, 1.807) is 0 Å². The summed E-state index contributed by atoms with van der Waals surface area (Å²) in [7, 11) is 0. The van der Waals surface area contributed by atoms with E-state index in [9.17, 15) is 0 Å². The average molecular weight is 65.0 g/mol. The van der Waals surface area contributed by atoms with Crippen molar-refractivity contribution >= 4 is 29.6 Å². The summed E-state index contributed by atoms with van der Waals surface area (Å²) in [4.78, 5) is 0. The molecule has 0 saturated heterocycles. The summed E-state index contributed by atoms with van der Waals surface area (Å²) >= 11 is 0. The molecule has 0 unspecified atom stereocenters. The van der Waals surface area contributed by atoms with Gasteiger partial charge in [-0.1, -0.05) is 0 Å². The minimum Gasteiger partial charge on any atom is -0.337 e. The first-order valence-corrected chi connectivity index (χ1v) is 0.512. The van der Waals surface area contributed by atoms with Crippen molar-refractivity contribution in [2.45, 2.75) is 0 Å². The molecular weight excluding hydrogens is 63.0 g/mol. The van der Waals surface area contributed by atoms with Crippen LogP contribution >= 0.6 is 0 Å². The SMILES string of the molecule is N#CN.[Na]. The molecule has 0 aliphatic heterocycles. The van der Waals surface area contributed by atoms with E-state index in [-0.39, 0.29) is 29.6 Å². The van der Waals surface area contributed by atoms with Crippen LogP contribution in [-0.2, 0) is 0 Å². The van der Waals surface area contributed by atoms with Crippen molar-refractivity contribution in [2.24, 2.45) is 5.73 Å². The Morgan fingerprint density at radius 3 is 1.75 bits per heavy atom. The molecule has 2 nitrogen and oxygen atoms in total. The zero-order chi connectivity index (χ0) is 2.71. The van der Waals surface area contributed by atoms with Gasteiger partial charge in [-0.25, -0.2) is 0 Å². The molecule has 0 aliphatic carbocycles. The Morgan fingerprint density at radius 2 is 1.75 bits per heavy atom. The van der Waals surface area contributed by atoms with E-state index in [1.807, 2.05) is 0 Å². The summed E-state index contributed by atoms with van der Waals surface area (Å²) in [6, 6.07) is 0. The second-order valence-electron chi connectivity index (χ2n) is 0.129. The number of hydrogen-bond donors (Lipinski definition) is 1. The first-order chi connectivity index (χ1) is 1.41. The van der Waals surface area contributed by atoms with Gasteiger partial charge in [-0.2, -0.15) is 5.26 Å². The van der Waals surface area contributed by atoms with Crippen molar-refractivity contribution < 1.29 is 0 Å². The second kappa shape index (κ2) is 10.4. The summed E-state index contributed by atoms with van der Waals surface area (Å²) in [5.74, 6) is 0. The zero-order valence-corrected chi connectivity index (χ0v) is 4.52. The van der Waals surface area contributed by atoms with E-state index >= 15 is 0 Å². The Hall–Kier alpha value is 0.290. The Bertz CT molecular complexity index is 27.5. The first-order valence-electron chi connectivity index (χ1n) is 0.512. The van der Waals surface area contributed by atoms with Crippen LogP contribution < -0.4 is 5.73 Å². The van der Waals surface area contributed by atoms with Gasteiger partial charge in [-0.3, -0.25) is 0 Å². The van der Waals surface area contributed by atoms with Gasteiger partial charge in [-0.05, 0) is 0 Å². The molecule has 0 aromatic rings. The Balaban J connectivity index is 0. The van der Waals surface area contributed by atoms with Crippen LogP contribution in [-0.4, -0.2) is 29.6 Å². The quantitative estimate of drug-likeness (QED) is 0.224. The summed E-state index contributed by atoms with van der Waals surface area (Å²) in [5, 5.41) is 7.10. The van der Waals surface area contributed by atoms with E-state index in [2.05, 4.69) is 5.73 Å². The fraction of sp³-hybridized carbons (Fsp3) is 0. The maximum atomic E-state index is 7.10. The predicted octanol–water partition coefficient (Wildman–Crippen LogP) is -0.955. The molecule has 0 aromatic heterocycles. The Kier molecular flexibility index (Phi) is 23.0. The summed E-state index contributed by atoms with van der Waals surface area (Å²) < 4.78 is 0. The van der Waals surface area contributed by atoms with Gasteiger partial charge in [0.2, 0.25) is 0 Å². The smallest absolute Gasteiger partial charge is 0.173 e. The van der Waals surface area contributed by atoms with E-state index in [0.717, 1.165) is 0 Å². The average Bonchev–Trinajstić information content (AvgIpc) is 0.918. The van der Waals surface area contributed by atoms with E-state index in [1.165, 1.54) is 6.19 Å². The van der Waals surface area contributed by atoms with Gasteiger partial charge in [0, 0.05) is 29.6 Å². The topological polar surface area (TPSA) is 49.8 Å². The predicted molar refractivity (Wildman–Crippen MR) is 15.6 cm³/mol. The van der Waals surface area contributed by atoms with Gasteiger partial charge in [0.05, 0.1) is 0 Å². The van der Waals surface area contributed by atoms with Gasteiger partial charge in [-0.15, -0.1) is 0 Å². The molecule has 0 spiro atoms. The third-order valence-electron chi connectivity index (χ3n) is 0. The molecule has 0 rings (SSSR count). The molecule has 0 aromatic carbocycles. The number of nitrogens with zero attached hydrogens (tertiary/aromatic N) is 1. The standard InChI is InChI=1S/CH2N2.Na/c2-1-3;/h2H2;. The summed E-state index contributed by atoms with van der Waals surface area (Å²) in [6.45, 7) is 0. The van der Waals surface area contributed by atoms with Crippen LogP contribution in [0.1, 0.15) is 0 Å². The van der Waals surface area contributed by atoms with Crippen molar-refractivity contribution in [1.82, 2.24) is 0 Å². The van der Waals surface area contributed by atoms with Gasteiger partial charge in [0.1, 0.15) is 0 Å². The largest absolute Gasteiger partial charge is 0.337 e. The van der Waals surface area contributed by atoms with Gasteiger partial charge >= 0.3 is 0 Å². The van der Waals surface area contributed by atoms with E-state index in [4.69, 9.17) is 5.26 Å². The maximum absolute atomic E-state index is 7.10. The molecule has 3 heteroatoms. The molecule has 0 bridgehead atoms. The fourth-order valence-corrected chi connectivity index (χ4v) is 0. The molecule has 0 atom stereocenters. The second-order valence-corrected chi connectivity index (χ2v) is 0.129. The minimum atomic E-state index is 0. The van der Waals surface area contributed by atoms with Crippen molar-refractivity contribution in [2.75, 3.05) is 0 Å². The number of nitrogens with two attached hydrogens (primary N) is 1. The molecule has 4 heavy (non-hydrogen) atoms. The third kappa shape index (κ3) is 45.3. The van der Waals surface area contributed by atoms with Crippen molar-refractivity contribution in [1.29, 1.82) is 5.26 Å². The molecule has 0 fully saturated rings. The van der Waals surface area contributed by atoms with Crippen LogP contribution in [0, 0.1) is 11.5 Å². The molecule has 0 heterocycles. The minimum absolute atomic E-state index is 0. The van der Waals surface area contributed by atoms with Crippen LogP contribution in [0.5, 0.6) is 0 Å². The molecule has 0 amide bonds. The molecule has 0 saturated carbocycles. The summed E-state index contributed by atoms with van der Waals surface area (Å²) in [5.41, 5.74) is 4.15. The van der Waals surface area contributed by atoms with Crippen LogP contribution in [0.4, 0.5) is 0 Å². The first kappa shape index (κ1) is 8.85. The Morgan fingerprint density at radius 1 is 1.75 bits per heavy atom. The van der Waals surface area contributed by atoms with Crippen LogP contribution in [0.15, 0.2) is 0 Å². The molecule has 17 valence electrons. The fourth-order valence-electron chi connectivity index (χ4n) is 0. The van der Waals surface area contributed by atoms with E-state index in [0.29, 0.717) is 0 Å². The maximum Gasteiger partial charge on any atom is 0.173 e. The zero-order valence-electron chi connectivity index (χ0n) is 2.52. The van der Waals surface area contributed by atoms with Crippen LogP contribution in [0.25, 0.3) is 0 Å². The molecule has 1 radical (unpaired) electrons. The number of nitriles is 1. The molecule has 2 N–H and O–H groups in total. The van der Waals surface area contributed by atoms with Crippen LogP contribution in [0.3, 0.4) is 0 Å². The summed E-state index contributed by atoms with van der Waals surface area (Å²) in [6.07, 6.45) is 1.25. The molecule has 0 aliphatic rings. The van der Waals surface area contributed by atoms with Crippen molar-refractivity contribution in [3.63, 3.8) is 0 Å². The van der Waals surface area contributed by atoms with Gasteiger partial charge in [0.15, 0.2) is 6.19 Å². The number of hydrogen-bond acceptors (Lipinski definition) is 2. The Labute approximate surface area is 46.9 Å². The monoisotopic (exact) mass is 65.0 g/mol. The third-order valence-corrected chi connectivity index (χ3v) is 0. The van der Waals surface area contributed by atoms with Gasteiger partial charge < -0.3 is 5.73 Å².